The monoisotopic (exact) mass is 384 g/mol. The predicted molar refractivity (Wildman–Crippen MR) is 118 cm³/mol. The van der Waals surface area contributed by atoms with Crippen LogP contribution in [0, 0.1) is 17.3 Å². The Hall–Kier alpha value is -1.06. The third-order valence-electron chi connectivity index (χ3n) is 7.58. The Bertz CT molecular complexity index is 616. The summed E-state index contributed by atoms with van der Waals surface area (Å²) in [5.74, 6) is 2.40. The molecule has 0 N–H and O–H groups in total. The lowest BCUT2D eigenvalue weighted by atomic mass is 9.68. The fourth-order valence-corrected chi connectivity index (χ4v) is 5.65. The lowest BCUT2D eigenvalue weighted by molar-refractivity contribution is 0.164. The molecular weight excluding hydrogens is 344 g/mol. The van der Waals surface area contributed by atoms with Gasteiger partial charge in [0.2, 0.25) is 0 Å². The van der Waals surface area contributed by atoms with Gasteiger partial charge in [0.1, 0.15) is 0 Å². The number of piperazine rings is 1. The van der Waals surface area contributed by atoms with Crippen molar-refractivity contribution in [1.82, 2.24) is 4.90 Å². The number of nitrogens with zero attached hydrogens (tertiary/aromatic N) is 2. The number of hydrogen-bond acceptors (Lipinski definition) is 3. The van der Waals surface area contributed by atoms with Crippen molar-refractivity contribution in [3.05, 3.63) is 29.8 Å². The molecule has 4 rings (SSSR count). The molecule has 2 aliphatic heterocycles. The Kier molecular flexibility index (Phi) is 6.32. The molecule has 1 aromatic rings. The standard InChI is InChI=1S/C25H40N2O/c1-25(2,3)22-10-8-21(9-11-22)23-6-4-5-7-24(23)27-15-13-26(14-16-27)18-20-12-17-28-19-20/h4-7,20-22H,8-19H2,1-3H3. The largest absolute Gasteiger partial charge is 0.381 e. The molecule has 0 spiro atoms. The number of ether oxygens (including phenoxy) is 1. The topological polar surface area (TPSA) is 15.7 Å². The molecule has 1 unspecified atom stereocenters. The molecule has 3 aliphatic rings. The van der Waals surface area contributed by atoms with E-state index in [2.05, 4.69) is 54.8 Å². The lowest BCUT2D eigenvalue weighted by Crippen LogP contribution is -2.48. The molecule has 1 aliphatic carbocycles. The summed E-state index contributed by atoms with van der Waals surface area (Å²) in [6.07, 6.45) is 6.75. The van der Waals surface area contributed by atoms with Gasteiger partial charge in [-0.2, -0.15) is 0 Å². The smallest absolute Gasteiger partial charge is 0.0507 e. The van der Waals surface area contributed by atoms with Gasteiger partial charge in [0, 0.05) is 45.0 Å². The van der Waals surface area contributed by atoms with Gasteiger partial charge in [0.15, 0.2) is 0 Å². The van der Waals surface area contributed by atoms with E-state index in [4.69, 9.17) is 4.74 Å². The Balaban J connectivity index is 1.36. The summed E-state index contributed by atoms with van der Waals surface area (Å²) in [5, 5.41) is 0. The highest BCUT2D eigenvalue weighted by Gasteiger charge is 2.32. The first-order valence-electron chi connectivity index (χ1n) is 11.6. The van der Waals surface area contributed by atoms with Crippen molar-refractivity contribution in [1.29, 1.82) is 0 Å². The second-order valence-corrected chi connectivity index (χ2v) is 10.5. The molecule has 156 valence electrons. The molecule has 1 aromatic carbocycles. The van der Waals surface area contributed by atoms with Crippen LogP contribution in [0.3, 0.4) is 0 Å². The van der Waals surface area contributed by atoms with Crippen molar-refractivity contribution in [2.45, 2.75) is 58.8 Å². The lowest BCUT2D eigenvalue weighted by Gasteiger charge is -2.40. The first-order chi connectivity index (χ1) is 13.5. The molecule has 3 nitrogen and oxygen atoms in total. The maximum absolute atomic E-state index is 5.56. The van der Waals surface area contributed by atoms with Crippen molar-refractivity contribution in [3.63, 3.8) is 0 Å². The summed E-state index contributed by atoms with van der Waals surface area (Å²) in [4.78, 5) is 5.32. The average molecular weight is 385 g/mol. The molecule has 0 bridgehead atoms. The highest BCUT2D eigenvalue weighted by atomic mass is 16.5. The van der Waals surface area contributed by atoms with Crippen LogP contribution >= 0.6 is 0 Å². The van der Waals surface area contributed by atoms with Crippen LogP contribution in [0.15, 0.2) is 24.3 Å². The van der Waals surface area contributed by atoms with E-state index in [1.54, 1.807) is 5.56 Å². The molecule has 0 amide bonds. The SMILES string of the molecule is CC(C)(C)C1CCC(c2ccccc2N2CCN(CC3CCOC3)CC2)CC1. The second kappa shape index (κ2) is 8.75. The predicted octanol–water partition coefficient (Wildman–Crippen LogP) is 5.17. The molecule has 0 aromatic heterocycles. The summed E-state index contributed by atoms with van der Waals surface area (Å²) >= 11 is 0. The molecule has 28 heavy (non-hydrogen) atoms. The summed E-state index contributed by atoms with van der Waals surface area (Å²) in [6.45, 7) is 15.2. The molecule has 1 atom stereocenters. The molecular formula is C25H40N2O. The van der Waals surface area contributed by atoms with E-state index in [0.29, 0.717) is 5.41 Å². The van der Waals surface area contributed by atoms with Crippen LogP contribution in [0.4, 0.5) is 5.69 Å². The van der Waals surface area contributed by atoms with Crippen molar-refractivity contribution >= 4 is 5.69 Å². The molecule has 2 heterocycles. The maximum Gasteiger partial charge on any atom is 0.0507 e. The van der Waals surface area contributed by atoms with Crippen LogP contribution in [0.5, 0.6) is 0 Å². The van der Waals surface area contributed by atoms with Gasteiger partial charge in [-0.15, -0.1) is 0 Å². The summed E-state index contributed by atoms with van der Waals surface area (Å²) < 4.78 is 5.56. The van der Waals surface area contributed by atoms with Gasteiger partial charge in [-0.1, -0.05) is 39.0 Å². The fourth-order valence-electron chi connectivity index (χ4n) is 5.65. The number of benzene rings is 1. The molecule has 1 saturated carbocycles. The fraction of sp³-hybridized carbons (Fsp3) is 0.760. The number of para-hydroxylation sites is 1. The van der Waals surface area contributed by atoms with Crippen LogP contribution in [0.25, 0.3) is 0 Å². The number of rotatable bonds is 4. The minimum absolute atomic E-state index is 0.463. The van der Waals surface area contributed by atoms with Crippen LogP contribution in [0.1, 0.15) is 64.4 Å². The zero-order valence-corrected chi connectivity index (χ0v) is 18.3. The molecule has 3 fully saturated rings. The van der Waals surface area contributed by atoms with Gasteiger partial charge in [0.05, 0.1) is 6.61 Å². The van der Waals surface area contributed by atoms with E-state index >= 15 is 0 Å². The van der Waals surface area contributed by atoms with Gasteiger partial charge >= 0.3 is 0 Å². The second-order valence-electron chi connectivity index (χ2n) is 10.5. The summed E-state index contributed by atoms with van der Waals surface area (Å²) in [7, 11) is 0. The Morgan fingerprint density at radius 3 is 2.29 bits per heavy atom. The van der Waals surface area contributed by atoms with Gasteiger partial charge in [0.25, 0.3) is 0 Å². The molecule has 3 heteroatoms. The first kappa shape index (κ1) is 20.2. The first-order valence-corrected chi connectivity index (χ1v) is 11.6. The van der Waals surface area contributed by atoms with E-state index in [0.717, 1.165) is 31.0 Å². The van der Waals surface area contributed by atoms with E-state index < -0.39 is 0 Å². The summed E-state index contributed by atoms with van der Waals surface area (Å²) in [6, 6.07) is 9.29. The van der Waals surface area contributed by atoms with Crippen molar-refractivity contribution in [2.75, 3.05) is 50.8 Å². The highest BCUT2D eigenvalue weighted by Crippen LogP contribution is 2.45. The van der Waals surface area contributed by atoms with Gasteiger partial charge in [-0.05, 0) is 66.9 Å². The third kappa shape index (κ3) is 4.74. The zero-order valence-electron chi connectivity index (χ0n) is 18.3. The van der Waals surface area contributed by atoms with E-state index in [1.807, 2.05) is 0 Å². The Morgan fingerprint density at radius 2 is 1.64 bits per heavy atom. The van der Waals surface area contributed by atoms with Gasteiger partial charge in [-0.3, -0.25) is 4.90 Å². The highest BCUT2D eigenvalue weighted by molar-refractivity contribution is 5.55. The van der Waals surface area contributed by atoms with Gasteiger partial charge in [-0.25, -0.2) is 0 Å². The molecule has 2 saturated heterocycles. The number of hydrogen-bond donors (Lipinski definition) is 0. The van der Waals surface area contributed by atoms with Crippen LogP contribution in [0.2, 0.25) is 0 Å². The zero-order chi connectivity index (χ0) is 19.6. The van der Waals surface area contributed by atoms with Crippen LogP contribution in [-0.2, 0) is 4.74 Å². The van der Waals surface area contributed by atoms with Crippen molar-refractivity contribution < 1.29 is 4.74 Å². The Labute approximate surface area is 172 Å². The van der Waals surface area contributed by atoms with E-state index in [9.17, 15) is 0 Å². The quantitative estimate of drug-likeness (QED) is 0.713. The van der Waals surface area contributed by atoms with Crippen molar-refractivity contribution in [3.8, 4) is 0 Å². The normalized spacial score (nSPS) is 30.0. The third-order valence-corrected chi connectivity index (χ3v) is 7.58. The van der Waals surface area contributed by atoms with Crippen LogP contribution in [-0.4, -0.2) is 50.8 Å². The van der Waals surface area contributed by atoms with E-state index in [1.165, 1.54) is 70.5 Å². The van der Waals surface area contributed by atoms with Crippen LogP contribution < -0.4 is 4.90 Å². The minimum Gasteiger partial charge on any atom is -0.381 e. The molecule has 0 radical (unpaired) electrons. The Morgan fingerprint density at radius 1 is 0.929 bits per heavy atom. The summed E-state index contributed by atoms with van der Waals surface area (Å²) in [5.41, 5.74) is 3.60. The van der Waals surface area contributed by atoms with E-state index in [-0.39, 0.29) is 0 Å². The average Bonchev–Trinajstić information content (AvgIpc) is 3.21. The maximum atomic E-state index is 5.56. The number of anilines is 1. The van der Waals surface area contributed by atoms with Crippen molar-refractivity contribution in [2.24, 2.45) is 17.3 Å². The van der Waals surface area contributed by atoms with Gasteiger partial charge < -0.3 is 9.64 Å². The minimum atomic E-state index is 0.463.